The number of amides is 1. The highest BCUT2D eigenvalue weighted by molar-refractivity contribution is 7.88. The van der Waals surface area contributed by atoms with Crippen molar-refractivity contribution in [2.45, 2.75) is 58.0 Å². The predicted molar refractivity (Wildman–Crippen MR) is 89.5 cm³/mol. The van der Waals surface area contributed by atoms with Crippen LogP contribution in [0.2, 0.25) is 0 Å². The van der Waals surface area contributed by atoms with Crippen molar-refractivity contribution in [3.8, 4) is 0 Å². The Hall–Kier alpha value is -0.920. The van der Waals surface area contributed by atoms with Crippen molar-refractivity contribution in [1.82, 2.24) is 10.0 Å². The summed E-state index contributed by atoms with van der Waals surface area (Å²) in [5.74, 6) is -0.318. The summed E-state index contributed by atoms with van der Waals surface area (Å²) < 4.78 is 25.0. The Morgan fingerprint density at radius 1 is 1.27 bits per heavy atom. The topological polar surface area (TPSA) is 75.3 Å². The number of aryl methyl sites for hydroxylation is 2. The lowest BCUT2D eigenvalue weighted by Gasteiger charge is -2.23. The second-order valence-corrected chi connectivity index (χ2v) is 9.37. The monoisotopic (exact) mass is 344 g/mol. The first-order valence-corrected chi connectivity index (χ1v) is 10.3. The average molecular weight is 345 g/mol. The van der Waals surface area contributed by atoms with Gasteiger partial charge in [-0.25, -0.2) is 13.1 Å². The van der Waals surface area contributed by atoms with Crippen LogP contribution in [0.1, 0.15) is 48.4 Å². The van der Waals surface area contributed by atoms with E-state index in [9.17, 15) is 13.2 Å². The number of rotatable bonds is 5. The maximum absolute atomic E-state index is 12.2. The zero-order valence-electron chi connectivity index (χ0n) is 13.4. The largest absolute Gasteiger partial charge is 0.350 e. The van der Waals surface area contributed by atoms with Crippen LogP contribution in [0.4, 0.5) is 0 Å². The molecule has 0 radical (unpaired) electrons. The van der Waals surface area contributed by atoms with Gasteiger partial charge < -0.3 is 5.32 Å². The maximum Gasteiger partial charge on any atom is 0.241 e. The van der Waals surface area contributed by atoms with Gasteiger partial charge in [0.15, 0.2) is 0 Å². The van der Waals surface area contributed by atoms with Gasteiger partial charge in [-0.2, -0.15) is 0 Å². The Morgan fingerprint density at radius 2 is 1.95 bits per heavy atom. The molecule has 0 bridgehead atoms. The molecule has 2 rings (SSSR count). The van der Waals surface area contributed by atoms with Crippen LogP contribution in [0, 0.1) is 0 Å². The fourth-order valence-electron chi connectivity index (χ4n) is 2.71. The molecule has 124 valence electrons. The minimum absolute atomic E-state index is 0.318. The fraction of sp³-hybridized carbons (Fsp3) is 0.667. The Kier molecular flexibility index (Phi) is 5.29. The summed E-state index contributed by atoms with van der Waals surface area (Å²) in [6.45, 7) is 3.57. The summed E-state index contributed by atoms with van der Waals surface area (Å²) in [7, 11) is -3.42. The normalized spacial score (nSPS) is 16.0. The van der Waals surface area contributed by atoms with Crippen LogP contribution < -0.4 is 10.0 Å². The van der Waals surface area contributed by atoms with Crippen LogP contribution in [0.25, 0.3) is 0 Å². The van der Waals surface area contributed by atoms with E-state index >= 15 is 0 Å². The van der Waals surface area contributed by atoms with E-state index in [4.69, 9.17) is 0 Å². The van der Waals surface area contributed by atoms with Gasteiger partial charge in [-0.05, 0) is 51.2 Å². The van der Waals surface area contributed by atoms with Crippen LogP contribution >= 0.6 is 11.3 Å². The molecule has 1 amide bonds. The quantitative estimate of drug-likeness (QED) is 0.802. The second kappa shape index (κ2) is 6.68. The highest BCUT2D eigenvalue weighted by Gasteiger charge is 2.30. The Balaban J connectivity index is 1.96. The third-order valence-electron chi connectivity index (χ3n) is 3.73. The molecular formula is C15H24N2O3S2. The molecule has 0 fully saturated rings. The second-order valence-electron chi connectivity index (χ2n) is 6.40. The Bertz CT molecular complexity index is 624. The summed E-state index contributed by atoms with van der Waals surface area (Å²) in [5, 5.41) is 2.83. The van der Waals surface area contributed by atoms with Gasteiger partial charge in [-0.15, -0.1) is 11.3 Å². The molecule has 1 heterocycles. The van der Waals surface area contributed by atoms with E-state index in [1.807, 2.05) is 0 Å². The lowest BCUT2D eigenvalue weighted by atomic mass is 10.1. The standard InChI is InChI=1S/C15H24N2O3S2/c1-15(2,17-22(3,19)20)14(18)16-10-12-9-11-7-5-4-6-8-13(11)21-12/h9,17H,4-8,10H2,1-3H3,(H,16,18). The minimum Gasteiger partial charge on any atom is -0.350 e. The number of fused-ring (bicyclic) bond motifs is 1. The zero-order chi connectivity index (χ0) is 16.4. The molecule has 0 spiro atoms. The average Bonchev–Trinajstić information content (AvgIpc) is 2.63. The molecule has 0 aromatic carbocycles. The Morgan fingerprint density at radius 3 is 2.64 bits per heavy atom. The molecular weight excluding hydrogens is 320 g/mol. The predicted octanol–water partition coefficient (Wildman–Crippen LogP) is 1.96. The molecule has 2 N–H and O–H groups in total. The molecule has 1 aromatic rings. The third-order valence-corrected chi connectivity index (χ3v) is 5.85. The molecule has 0 saturated carbocycles. The van der Waals surface area contributed by atoms with Crippen molar-refractivity contribution in [2.24, 2.45) is 0 Å². The Labute approximate surface area is 136 Å². The molecule has 1 aromatic heterocycles. The first-order chi connectivity index (χ1) is 10.2. The smallest absolute Gasteiger partial charge is 0.241 e. The SMILES string of the molecule is CC(C)(NS(C)(=O)=O)C(=O)NCc1cc2c(s1)CCCCC2. The van der Waals surface area contributed by atoms with Crippen LogP contribution in [0.15, 0.2) is 6.07 Å². The van der Waals surface area contributed by atoms with E-state index in [0.717, 1.165) is 24.0 Å². The van der Waals surface area contributed by atoms with Crippen LogP contribution in [0.5, 0.6) is 0 Å². The molecule has 1 aliphatic rings. The van der Waals surface area contributed by atoms with E-state index < -0.39 is 15.6 Å². The third kappa shape index (κ3) is 4.79. The van der Waals surface area contributed by atoms with Gasteiger partial charge in [0.1, 0.15) is 5.54 Å². The number of carbonyl (C=O) groups excluding carboxylic acids is 1. The van der Waals surface area contributed by atoms with Crippen molar-refractivity contribution < 1.29 is 13.2 Å². The number of carbonyl (C=O) groups is 1. The van der Waals surface area contributed by atoms with E-state index in [1.165, 1.54) is 29.7 Å². The van der Waals surface area contributed by atoms with Crippen LogP contribution in [0.3, 0.4) is 0 Å². The van der Waals surface area contributed by atoms with Crippen LogP contribution in [-0.2, 0) is 34.2 Å². The molecule has 0 saturated heterocycles. The van der Waals surface area contributed by atoms with Gasteiger partial charge >= 0.3 is 0 Å². The number of thiophene rings is 1. The van der Waals surface area contributed by atoms with E-state index in [-0.39, 0.29) is 5.91 Å². The molecule has 0 unspecified atom stereocenters. The lowest BCUT2D eigenvalue weighted by molar-refractivity contribution is -0.125. The summed E-state index contributed by atoms with van der Waals surface area (Å²) in [5.41, 5.74) is 0.266. The van der Waals surface area contributed by atoms with Gasteiger partial charge in [-0.3, -0.25) is 4.79 Å². The highest BCUT2D eigenvalue weighted by atomic mass is 32.2. The van der Waals surface area contributed by atoms with Gasteiger partial charge in [0.2, 0.25) is 15.9 Å². The number of hydrogen-bond donors (Lipinski definition) is 2. The van der Waals surface area contributed by atoms with Crippen molar-refractivity contribution in [3.05, 3.63) is 21.4 Å². The van der Waals surface area contributed by atoms with Crippen molar-refractivity contribution in [1.29, 1.82) is 0 Å². The van der Waals surface area contributed by atoms with Gasteiger partial charge in [0.05, 0.1) is 12.8 Å². The van der Waals surface area contributed by atoms with E-state index in [2.05, 4.69) is 16.1 Å². The van der Waals surface area contributed by atoms with Crippen molar-refractivity contribution in [3.63, 3.8) is 0 Å². The van der Waals surface area contributed by atoms with Crippen molar-refractivity contribution in [2.75, 3.05) is 6.26 Å². The molecule has 7 heteroatoms. The van der Waals surface area contributed by atoms with Crippen molar-refractivity contribution >= 4 is 27.3 Å². The van der Waals surface area contributed by atoms with Gasteiger partial charge in [0, 0.05) is 9.75 Å². The minimum atomic E-state index is -3.42. The van der Waals surface area contributed by atoms with Crippen LogP contribution in [-0.4, -0.2) is 26.1 Å². The number of sulfonamides is 1. The van der Waals surface area contributed by atoms with Gasteiger partial charge in [-0.1, -0.05) is 6.42 Å². The first kappa shape index (κ1) is 17.4. The maximum atomic E-state index is 12.2. The highest BCUT2D eigenvalue weighted by Crippen LogP contribution is 2.28. The summed E-state index contributed by atoms with van der Waals surface area (Å²) in [6, 6.07) is 2.18. The number of nitrogens with one attached hydrogen (secondary N) is 2. The number of hydrogen-bond acceptors (Lipinski definition) is 4. The lowest BCUT2D eigenvalue weighted by Crippen LogP contribution is -2.54. The molecule has 5 nitrogen and oxygen atoms in total. The molecule has 0 aliphatic heterocycles. The van der Waals surface area contributed by atoms with Gasteiger partial charge in [0.25, 0.3) is 0 Å². The molecule has 22 heavy (non-hydrogen) atoms. The summed E-state index contributed by atoms with van der Waals surface area (Å²) in [4.78, 5) is 14.8. The summed E-state index contributed by atoms with van der Waals surface area (Å²) >= 11 is 1.76. The van der Waals surface area contributed by atoms with E-state index in [1.54, 1.807) is 25.2 Å². The molecule has 0 atom stereocenters. The molecule has 1 aliphatic carbocycles. The zero-order valence-corrected chi connectivity index (χ0v) is 15.0. The van der Waals surface area contributed by atoms with E-state index in [0.29, 0.717) is 6.54 Å². The fourth-order valence-corrected chi connectivity index (χ4v) is 4.93. The summed E-state index contributed by atoms with van der Waals surface area (Å²) in [6.07, 6.45) is 7.08. The first-order valence-electron chi connectivity index (χ1n) is 7.55.